The lowest BCUT2D eigenvalue weighted by Crippen LogP contribution is -2.50. The van der Waals surface area contributed by atoms with E-state index in [-0.39, 0.29) is 35.3 Å². The topological polar surface area (TPSA) is 107 Å². The third-order valence-electron chi connectivity index (χ3n) is 10.5. The highest BCUT2D eigenvalue weighted by atomic mass is 19.1. The molecular formula is C32H41F3N4O4. The van der Waals surface area contributed by atoms with E-state index in [1.807, 2.05) is 0 Å². The average Bonchev–Trinajstić information content (AvgIpc) is 3.73. The number of hydrogen-bond donors (Lipinski definition) is 2. The van der Waals surface area contributed by atoms with E-state index < -0.39 is 43.8 Å². The van der Waals surface area contributed by atoms with Crippen molar-refractivity contribution in [1.29, 1.82) is 0 Å². The summed E-state index contributed by atoms with van der Waals surface area (Å²) in [6.45, 7) is -2.44. The van der Waals surface area contributed by atoms with Crippen molar-refractivity contribution >= 4 is 34.4 Å². The van der Waals surface area contributed by atoms with Gasteiger partial charge in [-0.3, -0.25) is 14.2 Å². The number of rotatable bonds is 8. The number of esters is 1. The van der Waals surface area contributed by atoms with Gasteiger partial charge in [0.25, 0.3) is 0 Å². The van der Waals surface area contributed by atoms with Gasteiger partial charge in [0.2, 0.25) is 17.5 Å². The van der Waals surface area contributed by atoms with Crippen molar-refractivity contribution in [2.45, 2.75) is 82.0 Å². The Labute approximate surface area is 249 Å². The van der Waals surface area contributed by atoms with Crippen LogP contribution in [0, 0.1) is 23.7 Å². The third-order valence-corrected chi connectivity index (χ3v) is 10.5. The highest BCUT2D eigenvalue weighted by molar-refractivity contribution is 6.02. The summed E-state index contributed by atoms with van der Waals surface area (Å²) in [6, 6.07) is 5.36. The molecule has 1 saturated heterocycles. The molecule has 2 aliphatic carbocycles. The fourth-order valence-corrected chi connectivity index (χ4v) is 8.19. The molecule has 2 aliphatic heterocycles. The summed E-state index contributed by atoms with van der Waals surface area (Å²) in [5, 5.41) is 3.57. The van der Waals surface area contributed by atoms with Crippen LogP contribution in [-0.4, -0.2) is 65.9 Å². The first-order valence-electron chi connectivity index (χ1n) is 15.7. The van der Waals surface area contributed by atoms with E-state index in [1.54, 1.807) is 23.1 Å². The molecule has 2 aromatic rings. The number of halogens is 3. The molecule has 234 valence electrons. The van der Waals surface area contributed by atoms with Gasteiger partial charge in [-0.25, -0.2) is 18.0 Å². The molecule has 0 unspecified atom stereocenters. The molecule has 0 radical (unpaired) electrons. The second-order valence-electron chi connectivity index (χ2n) is 13.0. The van der Waals surface area contributed by atoms with Crippen LogP contribution in [0.1, 0.15) is 74.7 Å². The SMILES string of the molecule is N[C@H](CF)C1CCC(C(=O)N2CC[C@@H](C3CCCCC3)[C@H]2C(=O)Nc2ccc3c(c2)cc2n3C(CF)(CF)OC2=O)CC1. The molecule has 2 amide bonds. The van der Waals surface area contributed by atoms with Crippen LogP contribution in [0.15, 0.2) is 24.3 Å². The normalized spacial score (nSPS) is 28.1. The van der Waals surface area contributed by atoms with Crippen molar-refractivity contribution in [3.8, 4) is 0 Å². The van der Waals surface area contributed by atoms with Crippen LogP contribution in [0.25, 0.3) is 10.9 Å². The third kappa shape index (κ3) is 5.31. The smallest absolute Gasteiger partial charge is 0.357 e. The van der Waals surface area contributed by atoms with Gasteiger partial charge >= 0.3 is 5.97 Å². The van der Waals surface area contributed by atoms with Crippen LogP contribution >= 0.6 is 0 Å². The Balaban J connectivity index is 1.23. The number of nitrogens with two attached hydrogens (primary N) is 1. The quantitative estimate of drug-likeness (QED) is 0.402. The molecular weight excluding hydrogens is 561 g/mol. The monoisotopic (exact) mass is 602 g/mol. The van der Waals surface area contributed by atoms with Crippen LogP contribution in [0.5, 0.6) is 0 Å². The second kappa shape index (κ2) is 12.1. The number of ether oxygens (including phenoxy) is 1. The number of amides is 2. The molecule has 2 saturated carbocycles. The maximum atomic E-state index is 14.0. The van der Waals surface area contributed by atoms with E-state index in [2.05, 4.69) is 5.32 Å². The lowest BCUT2D eigenvalue weighted by molar-refractivity contribution is -0.142. The van der Waals surface area contributed by atoms with Crippen molar-refractivity contribution in [3.05, 3.63) is 30.0 Å². The number of fused-ring (bicyclic) bond motifs is 3. The number of carbonyl (C=O) groups excluding carboxylic acids is 3. The molecule has 3 atom stereocenters. The van der Waals surface area contributed by atoms with E-state index >= 15 is 0 Å². The standard InChI is InChI=1S/C32H41F3N4O4/c33-16-25(36)20-6-8-21(9-7-20)30(41)38-13-12-24(19-4-2-1-3-5-19)28(38)29(40)37-23-10-11-26-22(14-23)15-27-31(42)43-32(17-34,18-35)39(26)27/h10-11,14-15,19-21,24-25,28H,1-9,12-13,16-18,36H2,(H,37,40)/t20?,21?,24-,25+,28-/m0/s1. The molecule has 0 spiro atoms. The summed E-state index contributed by atoms with van der Waals surface area (Å²) in [7, 11) is 0. The van der Waals surface area contributed by atoms with Crippen molar-refractivity contribution in [1.82, 2.24) is 9.47 Å². The number of aromatic nitrogens is 1. The van der Waals surface area contributed by atoms with Gasteiger partial charge in [-0.2, -0.15) is 0 Å². The Morgan fingerprint density at radius 1 is 1.00 bits per heavy atom. The summed E-state index contributed by atoms with van der Waals surface area (Å²) in [5.41, 5.74) is 4.87. The van der Waals surface area contributed by atoms with Crippen molar-refractivity contribution in [2.24, 2.45) is 29.4 Å². The average molecular weight is 603 g/mol. The Morgan fingerprint density at radius 2 is 1.72 bits per heavy atom. The minimum atomic E-state index is -2.02. The first-order valence-corrected chi connectivity index (χ1v) is 15.7. The van der Waals surface area contributed by atoms with Crippen LogP contribution < -0.4 is 11.1 Å². The number of likely N-dealkylation sites (tertiary alicyclic amines) is 1. The highest BCUT2D eigenvalue weighted by Crippen LogP contribution is 2.42. The van der Waals surface area contributed by atoms with E-state index in [9.17, 15) is 27.6 Å². The van der Waals surface area contributed by atoms with Crippen molar-refractivity contribution in [2.75, 3.05) is 31.9 Å². The van der Waals surface area contributed by atoms with Gasteiger partial charge in [-0.05, 0) is 74.1 Å². The van der Waals surface area contributed by atoms with Crippen LogP contribution in [-0.2, 0) is 20.1 Å². The molecule has 3 heterocycles. The number of nitrogens with one attached hydrogen (secondary N) is 1. The zero-order chi connectivity index (χ0) is 30.3. The van der Waals surface area contributed by atoms with E-state index in [0.717, 1.165) is 32.1 Å². The summed E-state index contributed by atoms with van der Waals surface area (Å²) in [5.74, 6) is -0.735. The molecule has 8 nitrogen and oxygen atoms in total. The predicted octanol–water partition coefficient (Wildman–Crippen LogP) is 5.24. The Kier molecular flexibility index (Phi) is 8.45. The summed E-state index contributed by atoms with van der Waals surface area (Å²) >= 11 is 0. The van der Waals surface area contributed by atoms with Crippen molar-refractivity contribution in [3.63, 3.8) is 0 Å². The fraction of sp³-hybridized carbons (Fsp3) is 0.656. The number of benzene rings is 1. The van der Waals surface area contributed by atoms with E-state index in [4.69, 9.17) is 10.5 Å². The maximum absolute atomic E-state index is 14.0. The number of carbonyl (C=O) groups is 3. The Bertz CT molecular complexity index is 1360. The van der Waals surface area contributed by atoms with Crippen LogP contribution in [0.3, 0.4) is 0 Å². The molecule has 43 heavy (non-hydrogen) atoms. The van der Waals surface area contributed by atoms with Gasteiger partial charge in [0.1, 0.15) is 18.4 Å². The molecule has 6 rings (SSSR count). The van der Waals surface area contributed by atoms with Gasteiger partial charge in [-0.15, -0.1) is 0 Å². The van der Waals surface area contributed by atoms with Gasteiger partial charge in [0, 0.05) is 29.6 Å². The highest BCUT2D eigenvalue weighted by Gasteiger charge is 2.48. The molecule has 3 fully saturated rings. The summed E-state index contributed by atoms with van der Waals surface area (Å²) in [4.78, 5) is 42.1. The zero-order valence-corrected chi connectivity index (χ0v) is 24.4. The lowest BCUT2D eigenvalue weighted by atomic mass is 9.76. The first kappa shape index (κ1) is 30.0. The van der Waals surface area contributed by atoms with Crippen molar-refractivity contribution < 1.29 is 32.3 Å². The van der Waals surface area contributed by atoms with Gasteiger partial charge in [0.15, 0.2) is 13.3 Å². The summed E-state index contributed by atoms with van der Waals surface area (Å²) < 4.78 is 47.2. The van der Waals surface area contributed by atoms with Gasteiger partial charge in [0.05, 0.1) is 5.52 Å². The minimum absolute atomic E-state index is 0.00246. The first-order chi connectivity index (χ1) is 20.8. The van der Waals surface area contributed by atoms with Gasteiger partial charge in [-0.1, -0.05) is 32.1 Å². The second-order valence-corrected chi connectivity index (χ2v) is 13.0. The van der Waals surface area contributed by atoms with E-state index in [0.29, 0.717) is 54.7 Å². The van der Waals surface area contributed by atoms with Gasteiger partial charge < -0.3 is 20.7 Å². The predicted molar refractivity (Wildman–Crippen MR) is 155 cm³/mol. The molecule has 3 N–H and O–H groups in total. The summed E-state index contributed by atoms with van der Waals surface area (Å²) in [6.07, 6.45) is 9.02. The van der Waals surface area contributed by atoms with Crippen LogP contribution in [0.4, 0.5) is 18.9 Å². The fourth-order valence-electron chi connectivity index (χ4n) is 8.19. The number of cyclic esters (lactones) is 1. The number of hydrogen-bond acceptors (Lipinski definition) is 5. The number of nitrogens with zero attached hydrogens (tertiary/aromatic N) is 2. The Morgan fingerprint density at radius 3 is 2.40 bits per heavy atom. The minimum Gasteiger partial charge on any atom is -0.428 e. The molecule has 1 aromatic carbocycles. The lowest BCUT2D eigenvalue weighted by Gasteiger charge is -2.36. The zero-order valence-electron chi connectivity index (χ0n) is 24.4. The molecule has 0 bridgehead atoms. The number of alkyl halides is 3. The van der Waals surface area contributed by atoms with E-state index in [1.165, 1.54) is 17.1 Å². The molecule has 4 aliphatic rings. The Hall–Kier alpha value is -3.08. The number of anilines is 1. The van der Waals surface area contributed by atoms with Crippen LogP contribution in [0.2, 0.25) is 0 Å². The largest absolute Gasteiger partial charge is 0.428 e. The molecule has 1 aromatic heterocycles. The maximum Gasteiger partial charge on any atom is 0.357 e. The molecule has 11 heteroatoms.